The first kappa shape index (κ1) is 47.5. The summed E-state index contributed by atoms with van der Waals surface area (Å²) in [5.41, 5.74) is 18.3. The monoisotopic (exact) mass is 1060 g/mol. The van der Waals surface area contributed by atoms with E-state index in [1.54, 1.807) is 0 Å². The zero-order valence-corrected chi connectivity index (χ0v) is 44.6. The van der Waals surface area contributed by atoms with E-state index >= 15 is 0 Å². The molecule has 83 heavy (non-hydrogen) atoms. The fourth-order valence-corrected chi connectivity index (χ4v) is 12.3. The largest absolute Gasteiger partial charge is 0.453 e. The number of furan rings is 1. The van der Waals surface area contributed by atoms with E-state index in [-0.39, 0.29) is 0 Å². The van der Waals surface area contributed by atoms with E-state index in [2.05, 4.69) is 221 Å². The van der Waals surface area contributed by atoms with Crippen molar-refractivity contribution in [1.82, 2.24) is 24.1 Å². The maximum Gasteiger partial charge on any atom is 0.167 e. The van der Waals surface area contributed by atoms with Gasteiger partial charge in [-0.2, -0.15) is 5.26 Å². The molecule has 0 amide bonds. The third kappa shape index (κ3) is 7.92. The molecule has 16 aromatic rings. The van der Waals surface area contributed by atoms with Gasteiger partial charge in [0.2, 0.25) is 0 Å². The van der Waals surface area contributed by atoms with Crippen molar-refractivity contribution in [1.29, 1.82) is 5.26 Å². The summed E-state index contributed by atoms with van der Waals surface area (Å²) in [7, 11) is 0. The zero-order valence-electron chi connectivity index (χ0n) is 44.6. The third-order valence-electron chi connectivity index (χ3n) is 16.2. The molecule has 7 nitrogen and oxygen atoms in total. The van der Waals surface area contributed by atoms with Crippen molar-refractivity contribution < 1.29 is 4.42 Å². The first-order valence-corrected chi connectivity index (χ1v) is 27.8. The first-order valence-electron chi connectivity index (χ1n) is 27.8. The van der Waals surface area contributed by atoms with Crippen LogP contribution >= 0.6 is 0 Å². The van der Waals surface area contributed by atoms with Crippen molar-refractivity contribution in [3.05, 3.63) is 285 Å². The van der Waals surface area contributed by atoms with Crippen LogP contribution in [0.2, 0.25) is 0 Å². The van der Waals surface area contributed by atoms with Crippen molar-refractivity contribution in [3.8, 4) is 96.1 Å². The summed E-state index contributed by atoms with van der Waals surface area (Å²) in [6, 6.07) is 100. The van der Waals surface area contributed by atoms with Crippen LogP contribution in [0.5, 0.6) is 0 Å². The van der Waals surface area contributed by atoms with Crippen LogP contribution in [0.3, 0.4) is 0 Å². The molecule has 0 spiro atoms. The molecule has 4 aromatic heterocycles. The van der Waals surface area contributed by atoms with E-state index in [0.29, 0.717) is 45.2 Å². The zero-order chi connectivity index (χ0) is 55.0. The van der Waals surface area contributed by atoms with Gasteiger partial charge in [-0.05, 0) is 105 Å². The van der Waals surface area contributed by atoms with Crippen LogP contribution in [0.1, 0.15) is 5.56 Å². The number of aromatic nitrogens is 5. The van der Waals surface area contributed by atoms with Gasteiger partial charge in [0, 0.05) is 38.1 Å². The lowest BCUT2D eigenvalue weighted by Crippen LogP contribution is -2.03. The van der Waals surface area contributed by atoms with E-state index in [0.717, 1.165) is 116 Å². The van der Waals surface area contributed by atoms with Gasteiger partial charge in [-0.1, -0.05) is 218 Å². The van der Waals surface area contributed by atoms with E-state index < -0.39 is 0 Å². The van der Waals surface area contributed by atoms with Gasteiger partial charge in [-0.25, -0.2) is 15.0 Å². The van der Waals surface area contributed by atoms with Gasteiger partial charge in [0.25, 0.3) is 0 Å². The molecule has 0 fully saturated rings. The van der Waals surface area contributed by atoms with Crippen LogP contribution in [-0.4, -0.2) is 24.1 Å². The van der Waals surface area contributed by atoms with E-state index in [1.807, 2.05) is 72.8 Å². The van der Waals surface area contributed by atoms with Gasteiger partial charge in [0.05, 0.1) is 50.0 Å². The normalized spacial score (nSPS) is 11.6. The molecule has 0 atom stereocenters. The Morgan fingerprint density at radius 3 is 1.01 bits per heavy atom. The van der Waals surface area contributed by atoms with Crippen LogP contribution in [0.25, 0.3) is 156 Å². The minimum atomic E-state index is 0.451. The number of fused-ring (bicyclic) bond motifs is 9. The second kappa shape index (κ2) is 19.4. The number of para-hydroxylation sites is 1. The molecule has 0 saturated heterocycles. The van der Waals surface area contributed by atoms with E-state index in [9.17, 15) is 5.26 Å². The average molecular weight is 1060 g/mol. The lowest BCUT2D eigenvalue weighted by atomic mass is 10.0. The molecule has 0 aliphatic carbocycles. The highest BCUT2D eigenvalue weighted by Gasteiger charge is 2.28. The number of nitriles is 1. The smallest absolute Gasteiger partial charge is 0.167 e. The Kier molecular flexibility index (Phi) is 11.1. The molecule has 16 rings (SSSR count). The highest BCUT2D eigenvalue weighted by atomic mass is 16.3. The van der Waals surface area contributed by atoms with Gasteiger partial charge >= 0.3 is 0 Å². The van der Waals surface area contributed by atoms with Gasteiger partial charge in [-0.3, -0.25) is 0 Å². The fourth-order valence-electron chi connectivity index (χ4n) is 12.3. The molecule has 0 aliphatic rings. The van der Waals surface area contributed by atoms with Gasteiger partial charge in [0.1, 0.15) is 11.7 Å². The van der Waals surface area contributed by atoms with Crippen LogP contribution in [0.15, 0.2) is 283 Å². The van der Waals surface area contributed by atoms with Gasteiger partial charge in [0.15, 0.2) is 23.1 Å². The average Bonchev–Trinajstić information content (AvgIpc) is 2.04. The van der Waals surface area contributed by atoms with Crippen molar-refractivity contribution in [2.45, 2.75) is 0 Å². The molecule has 0 bridgehead atoms. The topological polar surface area (TPSA) is 85.5 Å². The molecule has 0 saturated carbocycles. The Morgan fingerprint density at radius 1 is 0.289 bits per heavy atom. The summed E-state index contributed by atoms with van der Waals surface area (Å²) in [6.07, 6.45) is 0. The summed E-state index contributed by atoms with van der Waals surface area (Å²) in [5, 5.41) is 17.8. The third-order valence-corrected chi connectivity index (χ3v) is 16.2. The Balaban J connectivity index is 1.04. The van der Waals surface area contributed by atoms with Crippen LogP contribution in [-0.2, 0) is 0 Å². The van der Waals surface area contributed by atoms with E-state index in [1.165, 1.54) is 0 Å². The predicted molar refractivity (Wildman–Crippen MR) is 339 cm³/mol. The van der Waals surface area contributed by atoms with Crippen molar-refractivity contribution in [3.63, 3.8) is 0 Å². The molecular weight excluding hydrogens is 1010 g/mol. The van der Waals surface area contributed by atoms with Gasteiger partial charge in [-0.15, -0.1) is 0 Å². The minimum absolute atomic E-state index is 0.451. The Bertz CT molecular complexity index is 4990. The second-order valence-electron chi connectivity index (χ2n) is 21.0. The maximum absolute atomic E-state index is 12.0. The summed E-state index contributed by atoms with van der Waals surface area (Å²) in [4.78, 5) is 15.5. The number of hydrogen-bond acceptors (Lipinski definition) is 5. The SMILES string of the molecule is N#Cc1c(-n2c3ccc(-c4ccccc4)cc3c3cc(-c4ccccc4)ccc32)cc(-n2c3ccc(-c4ccccc4)cc3c3cc(-c4ccccc4)ccc32)c2oc3c(-c4nc(-c5ccccc5)nc(-c5ccccc5)n4)cccc3c12. The quantitative estimate of drug-likeness (QED) is 0.144. The molecule has 0 unspecified atom stereocenters. The Hall–Kier alpha value is -11.5. The standard InChI is InChI=1S/C76H46N6O/c77-47-64-69(81-65-38-34-54(48-20-7-1-8-21-48)42-60(65)61-43-55(35-39-66(61)81)49-22-9-2-10-23-49)46-70(82-67-40-36-56(50-24-11-3-12-25-50)44-62(67)63-45-57(37-41-68(63)82)51-26-13-4-14-27-51)73-71(64)58-32-19-33-59(72(58)83-73)76-79-74(52-28-15-5-16-29-52)78-75(80-76)53-30-17-6-18-31-53/h1-46H. The molecule has 12 aromatic carbocycles. The predicted octanol–water partition coefficient (Wildman–Crippen LogP) is 19.5. The van der Waals surface area contributed by atoms with Gasteiger partial charge < -0.3 is 13.6 Å². The van der Waals surface area contributed by atoms with Crippen molar-refractivity contribution >= 4 is 65.6 Å². The number of hydrogen-bond donors (Lipinski definition) is 0. The maximum atomic E-state index is 12.0. The highest BCUT2D eigenvalue weighted by Crippen LogP contribution is 2.47. The molecule has 0 radical (unpaired) electrons. The Labute approximate surface area is 477 Å². The summed E-state index contributed by atoms with van der Waals surface area (Å²) in [6.45, 7) is 0. The molecule has 386 valence electrons. The first-order chi connectivity index (χ1) is 41.1. The van der Waals surface area contributed by atoms with Crippen LogP contribution < -0.4 is 0 Å². The molecule has 4 heterocycles. The summed E-state index contributed by atoms with van der Waals surface area (Å²) >= 11 is 0. The van der Waals surface area contributed by atoms with Crippen molar-refractivity contribution in [2.24, 2.45) is 0 Å². The summed E-state index contributed by atoms with van der Waals surface area (Å²) in [5.74, 6) is 1.53. The molecular formula is C76H46N6O. The van der Waals surface area contributed by atoms with Crippen LogP contribution in [0.4, 0.5) is 0 Å². The lowest BCUT2D eigenvalue weighted by molar-refractivity contribution is 0.666. The van der Waals surface area contributed by atoms with E-state index in [4.69, 9.17) is 19.4 Å². The number of rotatable bonds is 9. The summed E-state index contributed by atoms with van der Waals surface area (Å²) < 4.78 is 12.1. The van der Waals surface area contributed by atoms with Crippen molar-refractivity contribution in [2.75, 3.05) is 0 Å². The molecule has 0 aliphatic heterocycles. The highest BCUT2D eigenvalue weighted by molar-refractivity contribution is 6.19. The Morgan fingerprint density at radius 2 is 0.639 bits per heavy atom. The lowest BCUT2D eigenvalue weighted by Gasteiger charge is -2.16. The van der Waals surface area contributed by atoms with Crippen LogP contribution in [0, 0.1) is 11.3 Å². The number of benzene rings is 12. The molecule has 0 N–H and O–H groups in total. The molecule has 7 heteroatoms. The fraction of sp³-hybridized carbons (Fsp3) is 0. The number of nitrogens with zero attached hydrogens (tertiary/aromatic N) is 6. The second-order valence-corrected chi connectivity index (χ2v) is 21.0. The minimum Gasteiger partial charge on any atom is -0.453 e.